The van der Waals surface area contributed by atoms with Crippen molar-refractivity contribution >= 4 is 11.9 Å². The Morgan fingerprint density at radius 1 is 1.35 bits per heavy atom. The van der Waals surface area contributed by atoms with Crippen molar-refractivity contribution in [3.05, 3.63) is 35.1 Å². The first kappa shape index (κ1) is 17.4. The SMILES string of the molecule is CCN(CC(=O)O)C1CCN(C(=O)c2cccc(C)c2F)CC1. The van der Waals surface area contributed by atoms with E-state index < -0.39 is 11.8 Å². The van der Waals surface area contributed by atoms with Crippen LogP contribution in [0.2, 0.25) is 0 Å². The van der Waals surface area contributed by atoms with E-state index in [1.54, 1.807) is 24.0 Å². The van der Waals surface area contributed by atoms with Crippen molar-refractivity contribution < 1.29 is 19.1 Å². The molecule has 23 heavy (non-hydrogen) atoms. The zero-order valence-electron chi connectivity index (χ0n) is 13.6. The van der Waals surface area contributed by atoms with E-state index >= 15 is 0 Å². The normalized spacial score (nSPS) is 15.9. The molecular weight excluding hydrogens is 299 g/mol. The van der Waals surface area contributed by atoms with Gasteiger partial charge in [-0.2, -0.15) is 0 Å². The molecule has 0 saturated carbocycles. The van der Waals surface area contributed by atoms with Crippen LogP contribution in [0.15, 0.2) is 18.2 Å². The van der Waals surface area contributed by atoms with E-state index in [9.17, 15) is 14.0 Å². The van der Waals surface area contributed by atoms with Crippen LogP contribution in [0.5, 0.6) is 0 Å². The molecular formula is C17H23FN2O3. The predicted octanol–water partition coefficient (Wildman–Crippen LogP) is 2.15. The number of nitrogens with zero attached hydrogens (tertiary/aromatic N) is 2. The maximum absolute atomic E-state index is 14.1. The summed E-state index contributed by atoms with van der Waals surface area (Å²) in [6.07, 6.45) is 1.42. The molecule has 0 spiro atoms. The molecule has 2 rings (SSSR count). The molecule has 1 aliphatic heterocycles. The molecule has 0 aliphatic carbocycles. The van der Waals surface area contributed by atoms with E-state index in [-0.39, 0.29) is 24.1 Å². The number of carbonyl (C=O) groups is 2. The Kier molecular flexibility index (Phi) is 5.71. The van der Waals surface area contributed by atoms with Crippen LogP contribution in [-0.4, -0.2) is 59.0 Å². The lowest BCUT2D eigenvalue weighted by molar-refractivity contribution is -0.139. The second-order valence-electron chi connectivity index (χ2n) is 5.92. The monoisotopic (exact) mass is 322 g/mol. The van der Waals surface area contributed by atoms with Crippen molar-refractivity contribution in [3.8, 4) is 0 Å². The number of piperidine rings is 1. The van der Waals surface area contributed by atoms with E-state index in [0.717, 1.165) is 0 Å². The van der Waals surface area contributed by atoms with Gasteiger partial charge in [0.15, 0.2) is 0 Å². The van der Waals surface area contributed by atoms with E-state index in [4.69, 9.17) is 5.11 Å². The average molecular weight is 322 g/mol. The molecule has 1 N–H and O–H groups in total. The number of aryl methyl sites for hydroxylation is 1. The van der Waals surface area contributed by atoms with Crippen molar-refractivity contribution in [2.45, 2.75) is 32.7 Å². The lowest BCUT2D eigenvalue weighted by Crippen LogP contribution is -2.48. The van der Waals surface area contributed by atoms with Crippen molar-refractivity contribution in [2.75, 3.05) is 26.2 Å². The first-order valence-electron chi connectivity index (χ1n) is 7.94. The van der Waals surface area contributed by atoms with Gasteiger partial charge in [0.1, 0.15) is 5.82 Å². The third-order valence-corrected chi connectivity index (χ3v) is 4.43. The first-order valence-corrected chi connectivity index (χ1v) is 7.94. The molecule has 6 heteroatoms. The second kappa shape index (κ2) is 7.55. The van der Waals surface area contributed by atoms with Gasteiger partial charge >= 0.3 is 5.97 Å². The molecule has 1 heterocycles. The Hall–Kier alpha value is -1.95. The highest BCUT2D eigenvalue weighted by atomic mass is 19.1. The summed E-state index contributed by atoms with van der Waals surface area (Å²) in [5.41, 5.74) is 0.575. The lowest BCUT2D eigenvalue weighted by Gasteiger charge is -2.37. The summed E-state index contributed by atoms with van der Waals surface area (Å²) in [6.45, 7) is 5.30. The minimum Gasteiger partial charge on any atom is -0.480 e. The Labute approximate surface area is 135 Å². The molecule has 0 atom stereocenters. The number of likely N-dealkylation sites (N-methyl/N-ethyl adjacent to an activating group) is 1. The number of benzene rings is 1. The number of carboxylic acids is 1. The fourth-order valence-electron chi connectivity index (χ4n) is 3.09. The van der Waals surface area contributed by atoms with Crippen molar-refractivity contribution in [3.63, 3.8) is 0 Å². The minimum atomic E-state index is -0.841. The van der Waals surface area contributed by atoms with Gasteiger partial charge in [-0.1, -0.05) is 19.1 Å². The van der Waals surface area contributed by atoms with Crippen LogP contribution in [0.25, 0.3) is 0 Å². The summed E-state index contributed by atoms with van der Waals surface area (Å²) in [5.74, 6) is -1.58. The number of hydrogen-bond acceptors (Lipinski definition) is 3. The Morgan fingerprint density at radius 2 is 2.00 bits per heavy atom. The number of carbonyl (C=O) groups excluding carboxylic acids is 1. The number of hydrogen-bond donors (Lipinski definition) is 1. The summed E-state index contributed by atoms with van der Waals surface area (Å²) in [7, 11) is 0. The predicted molar refractivity (Wildman–Crippen MR) is 84.9 cm³/mol. The number of carboxylic acid groups (broad SMARTS) is 1. The molecule has 0 radical (unpaired) electrons. The summed E-state index contributed by atoms with van der Waals surface area (Å²) in [5, 5.41) is 8.94. The smallest absolute Gasteiger partial charge is 0.317 e. The van der Waals surface area contributed by atoms with E-state index in [1.807, 2.05) is 11.8 Å². The molecule has 1 aromatic rings. The van der Waals surface area contributed by atoms with Gasteiger partial charge in [-0.25, -0.2) is 4.39 Å². The fraction of sp³-hybridized carbons (Fsp3) is 0.529. The fourth-order valence-corrected chi connectivity index (χ4v) is 3.09. The van der Waals surface area contributed by atoms with E-state index in [1.165, 1.54) is 6.07 Å². The number of aliphatic carboxylic acids is 1. The molecule has 1 saturated heterocycles. The topological polar surface area (TPSA) is 60.9 Å². The van der Waals surface area contributed by atoms with Gasteiger partial charge in [0.25, 0.3) is 5.91 Å². The second-order valence-corrected chi connectivity index (χ2v) is 5.92. The standard InChI is InChI=1S/C17H23FN2O3/c1-3-19(11-15(21)22)13-7-9-20(10-8-13)17(23)14-6-4-5-12(2)16(14)18/h4-6,13H,3,7-11H2,1-2H3,(H,21,22). The summed E-state index contributed by atoms with van der Waals surface area (Å²) < 4.78 is 14.1. The highest BCUT2D eigenvalue weighted by Crippen LogP contribution is 2.20. The maximum atomic E-state index is 14.1. The molecule has 1 aromatic carbocycles. The van der Waals surface area contributed by atoms with Crippen LogP contribution in [0.3, 0.4) is 0 Å². The largest absolute Gasteiger partial charge is 0.480 e. The molecule has 5 nitrogen and oxygen atoms in total. The third kappa shape index (κ3) is 4.07. The summed E-state index contributed by atoms with van der Waals surface area (Å²) in [4.78, 5) is 26.9. The average Bonchev–Trinajstić information content (AvgIpc) is 2.54. The van der Waals surface area contributed by atoms with E-state index in [2.05, 4.69) is 0 Å². The number of likely N-dealkylation sites (tertiary alicyclic amines) is 1. The Bertz CT molecular complexity index is 583. The molecule has 0 bridgehead atoms. The number of halogens is 1. The summed E-state index contributed by atoms with van der Waals surface area (Å²) >= 11 is 0. The Morgan fingerprint density at radius 3 is 2.57 bits per heavy atom. The van der Waals surface area contributed by atoms with Crippen LogP contribution in [0, 0.1) is 12.7 Å². The van der Waals surface area contributed by atoms with Crippen molar-refractivity contribution in [1.29, 1.82) is 0 Å². The van der Waals surface area contributed by atoms with Gasteiger partial charge in [-0.3, -0.25) is 14.5 Å². The van der Waals surface area contributed by atoms with Gasteiger partial charge in [-0.15, -0.1) is 0 Å². The van der Waals surface area contributed by atoms with Crippen molar-refractivity contribution in [2.24, 2.45) is 0 Å². The first-order chi connectivity index (χ1) is 10.9. The van der Waals surface area contributed by atoms with Gasteiger partial charge in [-0.05, 0) is 37.9 Å². The van der Waals surface area contributed by atoms with Gasteiger partial charge in [0.05, 0.1) is 12.1 Å². The van der Waals surface area contributed by atoms with E-state index in [0.29, 0.717) is 38.0 Å². The number of amides is 1. The molecule has 1 fully saturated rings. The maximum Gasteiger partial charge on any atom is 0.317 e. The van der Waals surface area contributed by atoms with Crippen LogP contribution in [-0.2, 0) is 4.79 Å². The zero-order chi connectivity index (χ0) is 17.0. The Balaban J connectivity index is 2.00. The van der Waals surface area contributed by atoms with Gasteiger partial charge in [0.2, 0.25) is 0 Å². The zero-order valence-corrected chi connectivity index (χ0v) is 13.6. The van der Waals surface area contributed by atoms with Gasteiger partial charge < -0.3 is 10.0 Å². The molecule has 0 unspecified atom stereocenters. The quantitative estimate of drug-likeness (QED) is 0.902. The van der Waals surface area contributed by atoms with Crippen molar-refractivity contribution in [1.82, 2.24) is 9.80 Å². The molecule has 0 aromatic heterocycles. The molecule has 1 aliphatic rings. The van der Waals surface area contributed by atoms with Crippen LogP contribution < -0.4 is 0 Å². The highest BCUT2D eigenvalue weighted by Gasteiger charge is 2.28. The third-order valence-electron chi connectivity index (χ3n) is 4.43. The molecule has 126 valence electrons. The van der Waals surface area contributed by atoms with Crippen LogP contribution in [0.1, 0.15) is 35.7 Å². The minimum absolute atomic E-state index is 0.0155. The molecule has 1 amide bonds. The lowest BCUT2D eigenvalue weighted by atomic mass is 10.0. The number of rotatable bonds is 5. The van der Waals surface area contributed by atoms with Gasteiger partial charge in [0, 0.05) is 19.1 Å². The summed E-state index contributed by atoms with van der Waals surface area (Å²) in [6, 6.07) is 5.00. The van der Waals surface area contributed by atoms with Crippen LogP contribution in [0.4, 0.5) is 4.39 Å². The van der Waals surface area contributed by atoms with Crippen LogP contribution >= 0.6 is 0 Å². The highest BCUT2D eigenvalue weighted by molar-refractivity contribution is 5.94.